The lowest BCUT2D eigenvalue weighted by atomic mass is 10.1. The van der Waals surface area contributed by atoms with E-state index in [1.54, 1.807) is 17.3 Å². The molecule has 1 aliphatic heterocycles. The summed E-state index contributed by atoms with van der Waals surface area (Å²) in [6.45, 7) is 1.47. The smallest absolute Gasteiger partial charge is 0.284 e. The highest BCUT2D eigenvalue weighted by Gasteiger charge is 2.26. The van der Waals surface area contributed by atoms with Crippen molar-refractivity contribution in [3.63, 3.8) is 0 Å². The van der Waals surface area contributed by atoms with Crippen molar-refractivity contribution in [3.8, 4) is 0 Å². The zero-order valence-corrected chi connectivity index (χ0v) is 12.4. The van der Waals surface area contributed by atoms with Crippen LogP contribution in [0.3, 0.4) is 0 Å². The number of carbonyl (C=O) groups is 1. The van der Waals surface area contributed by atoms with Gasteiger partial charge in [0, 0.05) is 19.2 Å². The Hall–Kier alpha value is -2.29. The number of aromatic nitrogens is 3. The summed E-state index contributed by atoms with van der Waals surface area (Å²) in [5.74, 6) is 0.441. The zero-order valence-electron chi connectivity index (χ0n) is 10.8. The van der Waals surface area contributed by atoms with Gasteiger partial charge in [-0.15, -0.1) is 10.2 Å². The number of amides is 1. The summed E-state index contributed by atoms with van der Waals surface area (Å²) in [5.41, 5.74) is 0.151. The van der Waals surface area contributed by atoms with Gasteiger partial charge in [-0.25, -0.2) is 0 Å². The van der Waals surface area contributed by atoms with Gasteiger partial charge >= 0.3 is 0 Å². The Kier molecular flexibility index (Phi) is 3.42. The fourth-order valence-electron chi connectivity index (χ4n) is 2.24. The fourth-order valence-corrected chi connectivity index (χ4v) is 2.81. The van der Waals surface area contributed by atoms with Crippen LogP contribution in [0.2, 0.25) is 0 Å². The second kappa shape index (κ2) is 5.24. The molecule has 0 unspecified atom stereocenters. The molecular formula is C12H10BrN5O3. The van der Waals surface area contributed by atoms with E-state index >= 15 is 0 Å². The molecule has 0 radical (unpaired) electrons. The van der Waals surface area contributed by atoms with E-state index in [4.69, 9.17) is 0 Å². The monoisotopic (exact) mass is 351 g/mol. The number of nitro groups is 1. The summed E-state index contributed by atoms with van der Waals surface area (Å²) < 4.78 is 2.08. The van der Waals surface area contributed by atoms with Gasteiger partial charge in [0.1, 0.15) is 10.8 Å². The van der Waals surface area contributed by atoms with Crippen LogP contribution >= 0.6 is 15.9 Å². The first kappa shape index (κ1) is 13.7. The second-order valence-electron chi connectivity index (χ2n) is 4.56. The lowest BCUT2D eigenvalue weighted by molar-refractivity contribution is -0.385. The highest BCUT2D eigenvalue weighted by molar-refractivity contribution is 9.10. The molecule has 2 aromatic rings. The Labute approximate surface area is 127 Å². The molecule has 0 spiro atoms. The predicted molar refractivity (Wildman–Crippen MR) is 75.6 cm³/mol. The molecule has 108 valence electrons. The van der Waals surface area contributed by atoms with E-state index in [1.165, 1.54) is 12.1 Å². The molecule has 0 fully saturated rings. The molecular weight excluding hydrogens is 342 g/mol. The minimum Gasteiger partial charge on any atom is -0.329 e. The Morgan fingerprint density at radius 1 is 1.38 bits per heavy atom. The average Bonchev–Trinajstić information content (AvgIpc) is 2.93. The fraction of sp³-hybridized carbons (Fsp3) is 0.250. The van der Waals surface area contributed by atoms with Crippen LogP contribution in [0.4, 0.5) is 5.69 Å². The van der Waals surface area contributed by atoms with Crippen molar-refractivity contribution in [2.75, 3.05) is 6.54 Å². The van der Waals surface area contributed by atoms with E-state index < -0.39 is 4.92 Å². The molecule has 2 heterocycles. The summed E-state index contributed by atoms with van der Waals surface area (Å²) >= 11 is 3.15. The largest absolute Gasteiger partial charge is 0.329 e. The van der Waals surface area contributed by atoms with Crippen molar-refractivity contribution in [1.82, 2.24) is 19.7 Å². The van der Waals surface area contributed by atoms with Crippen molar-refractivity contribution in [2.24, 2.45) is 0 Å². The van der Waals surface area contributed by atoms with Crippen molar-refractivity contribution in [2.45, 2.75) is 13.1 Å². The minimum absolute atomic E-state index is 0.124. The Balaban J connectivity index is 1.90. The van der Waals surface area contributed by atoms with E-state index in [0.29, 0.717) is 25.5 Å². The number of fused-ring (bicyclic) bond motifs is 1. The van der Waals surface area contributed by atoms with E-state index in [9.17, 15) is 14.9 Å². The van der Waals surface area contributed by atoms with E-state index in [1.807, 2.05) is 4.57 Å². The molecule has 21 heavy (non-hydrogen) atoms. The topological polar surface area (TPSA) is 94.2 Å². The Morgan fingerprint density at radius 3 is 2.95 bits per heavy atom. The summed E-state index contributed by atoms with van der Waals surface area (Å²) in [6, 6.07) is 4.43. The third-order valence-electron chi connectivity index (χ3n) is 3.33. The first-order chi connectivity index (χ1) is 10.1. The number of halogens is 1. The maximum atomic E-state index is 12.5. The van der Waals surface area contributed by atoms with Gasteiger partial charge in [0.05, 0.1) is 17.0 Å². The molecule has 1 aromatic heterocycles. The lowest BCUT2D eigenvalue weighted by Gasteiger charge is -2.27. The third-order valence-corrected chi connectivity index (χ3v) is 4.16. The van der Waals surface area contributed by atoms with Crippen LogP contribution < -0.4 is 0 Å². The summed E-state index contributed by atoms with van der Waals surface area (Å²) in [7, 11) is 0. The zero-order chi connectivity index (χ0) is 15.0. The summed E-state index contributed by atoms with van der Waals surface area (Å²) in [5, 5.41) is 18.7. The maximum Gasteiger partial charge on any atom is 0.284 e. The molecule has 0 aliphatic carbocycles. The molecule has 3 rings (SSSR count). The summed E-state index contributed by atoms with van der Waals surface area (Å²) in [4.78, 5) is 24.6. The van der Waals surface area contributed by atoms with Crippen molar-refractivity contribution in [1.29, 1.82) is 0 Å². The quantitative estimate of drug-likeness (QED) is 0.605. The number of carbonyl (C=O) groups excluding carboxylic acids is 1. The molecule has 0 N–H and O–H groups in total. The molecule has 0 atom stereocenters. The van der Waals surface area contributed by atoms with Gasteiger partial charge in [-0.2, -0.15) is 0 Å². The summed E-state index contributed by atoms with van der Waals surface area (Å²) in [6.07, 6.45) is 1.63. The maximum absolute atomic E-state index is 12.5. The van der Waals surface area contributed by atoms with Gasteiger partial charge in [0.25, 0.3) is 11.6 Å². The highest BCUT2D eigenvalue weighted by atomic mass is 79.9. The van der Waals surface area contributed by atoms with Crippen LogP contribution in [0.5, 0.6) is 0 Å². The van der Waals surface area contributed by atoms with Gasteiger partial charge in [0.2, 0.25) is 0 Å². The number of nitro benzene ring substituents is 1. The molecule has 1 amide bonds. The number of rotatable bonds is 2. The van der Waals surface area contributed by atoms with Crippen molar-refractivity contribution < 1.29 is 9.72 Å². The Morgan fingerprint density at radius 2 is 2.19 bits per heavy atom. The molecule has 1 aliphatic rings. The minimum atomic E-state index is -0.520. The van der Waals surface area contributed by atoms with Gasteiger partial charge in [-0.1, -0.05) is 6.07 Å². The number of benzene rings is 1. The highest BCUT2D eigenvalue weighted by Crippen LogP contribution is 2.29. The molecule has 0 saturated heterocycles. The normalized spacial score (nSPS) is 13.9. The molecule has 9 heteroatoms. The van der Waals surface area contributed by atoms with E-state index in [0.717, 1.165) is 0 Å². The van der Waals surface area contributed by atoms with Crippen LogP contribution in [0.25, 0.3) is 0 Å². The molecule has 0 saturated carbocycles. The number of nitrogens with zero attached hydrogens (tertiary/aromatic N) is 5. The second-order valence-corrected chi connectivity index (χ2v) is 5.36. The number of hydrogen-bond donors (Lipinski definition) is 0. The van der Waals surface area contributed by atoms with Gasteiger partial charge in [0.15, 0.2) is 5.82 Å². The lowest BCUT2D eigenvalue weighted by Crippen LogP contribution is -2.38. The number of hydrogen-bond acceptors (Lipinski definition) is 5. The van der Waals surface area contributed by atoms with Gasteiger partial charge in [-0.3, -0.25) is 14.9 Å². The molecule has 1 aromatic carbocycles. The first-order valence-corrected chi connectivity index (χ1v) is 6.96. The molecule has 0 bridgehead atoms. The van der Waals surface area contributed by atoms with Gasteiger partial charge < -0.3 is 9.47 Å². The Bertz CT molecular complexity index is 729. The van der Waals surface area contributed by atoms with Crippen LogP contribution in [0.1, 0.15) is 16.2 Å². The average molecular weight is 352 g/mol. The molecule has 8 nitrogen and oxygen atoms in total. The van der Waals surface area contributed by atoms with E-state index in [-0.39, 0.29) is 21.6 Å². The van der Waals surface area contributed by atoms with E-state index in [2.05, 4.69) is 26.1 Å². The third kappa shape index (κ3) is 2.40. The first-order valence-electron chi connectivity index (χ1n) is 6.17. The van der Waals surface area contributed by atoms with Gasteiger partial charge in [-0.05, 0) is 22.0 Å². The van der Waals surface area contributed by atoms with Crippen molar-refractivity contribution in [3.05, 3.63) is 50.5 Å². The standard InChI is InChI=1S/C12H10BrN5O3/c13-11-8(2-1-3-9(11)18(20)21)12(19)16-4-5-17-7-14-15-10(17)6-16/h1-3,7H,4-6H2. The van der Waals surface area contributed by atoms with Crippen LogP contribution in [0.15, 0.2) is 29.0 Å². The van der Waals surface area contributed by atoms with Crippen LogP contribution in [-0.4, -0.2) is 37.0 Å². The van der Waals surface area contributed by atoms with Crippen LogP contribution in [0, 0.1) is 10.1 Å². The van der Waals surface area contributed by atoms with Crippen LogP contribution in [-0.2, 0) is 13.1 Å². The van der Waals surface area contributed by atoms with Crippen molar-refractivity contribution >= 4 is 27.5 Å². The predicted octanol–water partition coefficient (Wildman–Crippen LogP) is 1.60. The SMILES string of the molecule is O=C(c1cccc([N+](=O)[O-])c1Br)N1CCn2cnnc2C1.